The summed E-state index contributed by atoms with van der Waals surface area (Å²) in [4.78, 5) is 36.1. The largest absolute Gasteiger partial charge is 0.478 e. The number of carboxylic acid groups (broad SMARTS) is 1. The minimum absolute atomic E-state index is 0.0251. The van der Waals surface area contributed by atoms with Gasteiger partial charge in [-0.1, -0.05) is 29.8 Å². The Balaban J connectivity index is 2.00. The highest BCUT2D eigenvalue weighted by atomic mass is 35.5. The molecule has 2 aromatic carbocycles. The molecule has 8 heteroatoms. The lowest BCUT2D eigenvalue weighted by Crippen LogP contribution is -2.19. The number of nitrogens with one attached hydrogen (secondary N) is 2. The number of benzene rings is 2. The van der Waals surface area contributed by atoms with Gasteiger partial charge in [0.1, 0.15) is 4.88 Å². The highest BCUT2D eigenvalue weighted by molar-refractivity contribution is 7.21. The van der Waals surface area contributed by atoms with Crippen LogP contribution in [0.4, 0.5) is 5.69 Å². The molecule has 0 saturated heterocycles. The first-order valence-corrected chi connectivity index (χ1v) is 8.69. The molecule has 1 heterocycles. The first-order valence-electron chi connectivity index (χ1n) is 7.50. The van der Waals surface area contributed by atoms with Crippen molar-refractivity contribution in [2.24, 2.45) is 0 Å². The number of aromatic carboxylic acids is 1. The Morgan fingerprint density at radius 2 is 1.81 bits per heavy atom. The van der Waals surface area contributed by atoms with Crippen LogP contribution in [0.2, 0.25) is 5.02 Å². The molecule has 0 aliphatic heterocycles. The summed E-state index contributed by atoms with van der Waals surface area (Å²) in [5, 5.41) is 15.4. The van der Waals surface area contributed by atoms with E-state index in [1.54, 1.807) is 6.07 Å². The molecule has 0 aliphatic rings. The molecule has 0 radical (unpaired) electrons. The molecule has 6 nitrogen and oxygen atoms in total. The fraction of sp³-hybridized carbons (Fsp3) is 0.0556. The van der Waals surface area contributed by atoms with Gasteiger partial charge in [-0.15, -0.1) is 11.3 Å². The second-order valence-corrected chi connectivity index (χ2v) is 6.77. The first kappa shape index (κ1) is 17.9. The van der Waals surface area contributed by atoms with Crippen LogP contribution in [0.15, 0.2) is 42.5 Å². The number of hydrogen-bond donors (Lipinski definition) is 3. The summed E-state index contributed by atoms with van der Waals surface area (Å²) in [7, 11) is 1.46. The van der Waals surface area contributed by atoms with Gasteiger partial charge in [-0.3, -0.25) is 9.59 Å². The number of anilines is 1. The normalized spacial score (nSPS) is 10.5. The van der Waals surface area contributed by atoms with E-state index < -0.39 is 17.8 Å². The molecule has 3 N–H and O–H groups in total. The average molecular weight is 389 g/mol. The van der Waals surface area contributed by atoms with E-state index >= 15 is 0 Å². The van der Waals surface area contributed by atoms with E-state index in [1.807, 2.05) is 18.2 Å². The van der Waals surface area contributed by atoms with Crippen LogP contribution in [0.1, 0.15) is 30.4 Å². The molecular weight excluding hydrogens is 376 g/mol. The highest BCUT2D eigenvalue weighted by Crippen LogP contribution is 2.35. The van der Waals surface area contributed by atoms with Gasteiger partial charge in [-0.2, -0.15) is 0 Å². The number of thiophene rings is 1. The number of fused-ring (bicyclic) bond motifs is 1. The van der Waals surface area contributed by atoms with Crippen LogP contribution >= 0.6 is 22.9 Å². The van der Waals surface area contributed by atoms with Crippen molar-refractivity contribution in [3.8, 4) is 0 Å². The number of hydrogen-bond acceptors (Lipinski definition) is 4. The SMILES string of the molecule is CNC(=O)c1ccc(C(=O)O)c(NC(=O)c2sc3ccccc3c2Cl)c1. The summed E-state index contributed by atoms with van der Waals surface area (Å²) in [6, 6.07) is 11.3. The highest BCUT2D eigenvalue weighted by Gasteiger charge is 2.20. The Hall–Kier alpha value is -2.90. The van der Waals surface area contributed by atoms with E-state index in [1.165, 1.54) is 36.6 Å². The molecule has 3 aromatic rings. The Morgan fingerprint density at radius 1 is 1.08 bits per heavy atom. The van der Waals surface area contributed by atoms with Crippen molar-refractivity contribution >= 4 is 56.5 Å². The van der Waals surface area contributed by atoms with Gasteiger partial charge >= 0.3 is 5.97 Å². The maximum absolute atomic E-state index is 12.7. The molecule has 0 saturated carbocycles. The van der Waals surface area contributed by atoms with Gasteiger partial charge < -0.3 is 15.7 Å². The Bertz CT molecular complexity index is 1040. The van der Waals surface area contributed by atoms with Gasteiger partial charge in [0.2, 0.25) is 0 Å². The van der Waals surface area contributed by atoms with Crippen molar-refractivity contribution in [2.45, 2.75) is 0 Å². The summed E-state index contributed by atoms with van der Waals surface area (Å²) in [5.41, 5.74) is 0.135. The Kier molecular flexibility index (Phi) is 4.92. The predicted molar refractivity (Wildman–Crippen MR) is 102 cm³/mol. The van der Waals surface area contributed by atoms with Gasteiger partial charge in [0.25, 0.3) is 11.8 Å². The summed E-state index contributed by atoms with van der Waals surface area (Å²) < 4.78 is 0.847. The molecule has 2 amide bonds. The maximum Gasteiger partial charge on any atom is 0.337 e. The number of carbonyl (C=O) groups excluding carboxylic acids is 2. The summed E-state index contributed by atoms with van der Waals surface area (Å²) in [6.07, 6.45) is 0. The van der Waals surface area contributed by atoms with Gasteiger partial charge in [0.05, 0.1) is 16.3 Å². The van der Waals surface area contributed by atoms with Crippen molar-refractivity contribution in [1.29, 1.82) is 0 Å². The topological polar surface area (TPSA) is 95.5 Å². The van der Waals surface area contributed by atoms with Gasteiger partial charge in [0, 0.05) is 22.7 Å². The van der Waals surface area contributed by atoms with Gasteiger partial charge in [-0.25, -0.2) is 4.79 Å². The number of rotatable bonds is 4. The average Bonchev–Trinajstić information content (AvgIpc) is 2.98. The number of carboxylic acids is 1. The van der Waals surface area contributed by atoms with Gasteiger partial charge in [0.15, 0.2) is 0 Å². The summed E-state index contributed by atoms with van der Waals surface area (Å²) in [5.74, 6) is -2.14. The number of carbonyl (C=O) groups is 3. The third-order valence-corrected chi connectivity index (χ3v) is 5.40. The molecule has 0 aliphatic carbocycles. The lowest BCUT2D eigenvalue weighted by Gasteiger charge is -2.10. The molecule has 132 valence electrons. The molecule has 0 fully saturated rings. The lowest BCUT2D eigenvalue weighted by molar-refractivity contribution is 0.0697. The van der Waals surface area contributed by atoms with Gasteiger partial charge in [-0.05, 0) is 24.3 Å². The molecule has 0 unspecified atom stereocenters. The summed E-state index contributed by atoms with van der Waals surface area (Å²) >= 11 is 7.50. The first-order chi connectivity index (χ1) is 12.4. The second-order valence-electron chi connectivity index (χ2n) is 5.34. The van der Waals surface area contributed by atoms with E-state index in [9.17, 15) is 19.5 Å². The van der Waals surface area contributed by atoms with E-state index in [-0.39, 0.29) is 21.7 Å². The Labute approximate surface area is 157 Å². The van der Waals surface area contributed by atoms with Crippen LogP contribution in [0, 0.1) is 0 Å². The monoisotopic (exact) mass is 388 g/mol. The molecular formula is C18H13ClN2O4S. The second kappa shape index (κ2) is 7.15. The third-order valence-electron chi connectivity index (χ3n) is 3.73. The molecule has 3 rings (SSSR count). The molecule has 0 bridgehead atoms. The molecule has 0 spiro atoms. The smallest absolute Gasteiger partial charge is 0.337 e. The van der Waals surface area contributed by atoms with Crippen molar-refractivity contribution in [2.75, 3.05) is 12.4 Å². The van der Waals surface area contributed by atoms with E-state index in [4.69, 9.17) is 11.6 Å². The Morgan fingerprint density at radius 3 is 2.46 bits per heavy atom. The predicted octanol–water partition coefficient (Wildman–Crippen LogP) is 3.86. The van der Waals surface area contributed by atoms with E-state index in [0.29, 0.717) is 5.02 Å². The summed E-state index contributed by atoms with van der Waals surface area (Å²) in [6.45, 7) is 0. The van der Waals surface area contributed by atoms with Crippen LogP contribution in [0.3, 0.4) is 0 Å². The minimum atomic E-state index is -1.22. The zero-order valence-corrected chi connectivity index (χ0v) is 15.1. The fourth-order valence-corrected chi connectivity index (χ4v) is 3.87. The van der Waals surface area contributed by atoms with E-state index in [0.717, 1.165) is 10.1 Å². The molecule has 1 aromatic heterocycles. The fourth-order valence-electron chi connectivity index (χ4n) is 2.46. The number of halogens is 1. The molecule has 0 atom stereocenters. The van der Waals surface area contributed by atoms with Crippen LogP contribution < -0.4 is 10.6 Å². The third kappa shape index (κ3) is 3.26. The van der Waals surface area contributed by atoms with Crippen LogP contribution in [0.25, 0.3) is 10.1 Å². The van der Waals surface area contributed by atoms with Crippen molar-refractivity contribution in [1.82, 2.24) is 5.32 Å². The van der Waals surface area contributed by atoms with Crippen LogP contribution in [0.5, 0.6) is 0 Å². The number of amides is 2. The minimum Gasteiger partial charge on any atom is -0.478 e. The quantitative estimate of drug-likeness (QED) is 0.632. The van der Waals surface area contributed by atoms with Crippen LogP contribution in [-0.4, -0.2) is 29.9 Å². The van der Waals surface area contributed by atoms with Crippen molar-refractivity contribution in [3.05, 3.63) is 63.5 Å². The van der Waals surface area contributed by atoms with Crippen molar-refractivity contribution in [3.63, 3.8) is 0 Å². The van der Waals surface area contributed by atoms with Crippen molar-refractivity contribution < 1.29 is 19.5 Å². The van der Waals surface area contributed by atoms with E-state index in [2.05, 4.69) is 10.6 Å². The lowest BCUT2D eigenvalue weighted by atomic mass is 10.1. The zero-order chi connectivity index (χ0) is 18.8. The standard InChI is InChI=1S/C18H13ClN2O4S/c1-20-16(22)9-6-7-10(18(24)25)12(8-9)21-17(23)15-14(19)11-4-2-3-5-13(11)26-15/h2-8H,1H3,(H,20,22)(H,21,23)(H,24,25). The molecule has 26 heavy (non-hydrogen) atoms. The van der Waals surface area contributed by atoms with Crippen LogP contribution in [-0.2, 0) is 0 Å². The zero-order valence-electron chi connectivity index (χ0n) is 13.5. The maximum atomic E-state index is 12.7.